The fraction of sp³-hybridized carbons (Fsp3) is 0.100. The highest BCUT2D eigenvalue weighted by molar-refractivity contribution is 5.41. The molecule has 0 bridgehead atoms. The van der Waals surface area contributed by atoms with E-state index in [0.717, 1.165) is 34.0 Å². The van der Waals surface area contributed by atoms with E-state index >= 15 is 0 Å². The maximum atomic E-state index is 5.80. The van der Waals surface area contributed by atoms with E-state index in [1.165, 1.54) is 0 Å². The summed E-state index contributed by atoms with van der Waals surface area (Å²) < 4.78 is 11.6. The summed E-state index contributed by atoms with van der Waals surface area (Å²) in [5.74, 6) is 1.50. The maximum Gasteiger partial charge on any atom is 0.123 e. The lowest BCUT2D eigenvalue weighted by atomic mass is 10.2. The molecule has 4 heteroatoms. The monoisotopic (exact) mass is 320 g/mol. The third kappa shape index (κ3) is 4.43. The third-order valence-electron chi connectivity index (χ3n) is 3.52. The molecular formula is C20H20N2O2. The van der Waals surface area contributed by atoms with Crippen molar-refractivity contribution in [1.29, 1.82) is 0 Å². The van der Waals surface area contributed by atoms with Crippen LogP contribution >= 0.6 is 0 Å². The van der Waals surface area contributed by atoms with Gasteiger partial charge in [-0.1, -0.05) is 30.3 Å². The predicted molar refractivity (Wildman–Crippen MR) is 96.8 cm³/mol. The van der Waals surface area contributed by atoms with Gasteiger partial charge >= 0.3 is 0 Å². The van der Waals surface area contributed by atoms with Gasteiger partial charge in [0.1, 0.15) is 24.7 Å². The van der Waals surface area contributed by atoms with Crippen molar-refractivity contribution in [1.82, 2.24) is 0 Å². The topological polar surface area (TPSA) is 70.5 Å². The van der Waals surface area contributed by atoms with Crippen LogP contribution in [0.4, 0.5) is 11.4 Å². The van der Waals surface area contributed by atoms with Crippen LogP contribution in [0.3, 0.4) is 0 Å². The normalized spacial score (nSPS) is 10.3. The highest BCUT2D eigenvalue weighted by Gasteiger charge is 2.01. The second-order valence-corrected chi connectivity index (χ2v) is 5.54. The van der Waals surface area contributed by atoms with Gasteiger partial charge in [-0.25, -0.2) is 0 Å². The first-order chi connectivity index (χ1) is 11.7. The Labute approximate surface area is 141 Å². The van der Waals surface area contributed by atoms with Crippen molar-refractivity contribution in [3.05, 3.63) is 83.9 Å². The van der Waals surface area contributed by atoms with Gasteiger partial charge < -0.3 is 20.9 Å². The van der Waals surface area contributed by atoms with Gasteiger partial charge in [-0.05, 0) is 47.5 Å². The molecule has 0 radical (unpaired) electrons. The van der Waals surface area contributed by atoms with E-state index in [1.807, 2.05) is 72.8 Å². The Kier molecular flexibility index (Phi) is 4.87. The largest absolute Gasteiger partial charge is 0.489 e. The number of benzene rings is 3. The fourth-order valence-electron chi connectivity index (χ4n) is 2.35. The number of anilines is 2. The fourth-order valence-corrected chi connectivity index (χ4v) is 2.35. The SMILES string of the molecule is Nc1cccc(COc2cccc(OCc3cccc(N)c3)c2)c1. The van der Waals surface area contributed by atoms with E-state index in [9.17, 15) is 0 Å². The summed E-state index contributed by atoms with van der Waals surface area (Å²) in [7, 11) is 0. The van der Waals surface area contributed by atoms with Crippen molar-refractivity contribution in [3.8, 4) is 11.5 Å². The van der Waals surface area contributed by atoms with Crippen molar-refractivity contribution >= 4 is 11.4 Å². The Hall–Kier alpha value is -3.14. The number of nitrogens with two attached hydrogens (primary N) is 2. The summed E-state index contributed by atoms with van der Waals surface area (Å²) in [6.45, 7) is 0.924. The van der Waals surface area contributed by atoms with Crippen LogP contribution in [-0.4, -0.2) is 0 Å². The molecule has 0 aliphatic carbocycles. The van der Waals surface area contributed by atoms with Crippen molar-refractivity contribution in [2.45, 2.75) is 13.2 Å². The molecule has 24 heavy (non-hydrogen) atoms. The van der Waals surface area contributed by atoms with Gasteiger partial charge in [-0.3, -0.25) is 0 Å². The van der Waals surface area contributed by atoms with Gasteiger partial charge in [-0.15, -0.1) is 0 Å². The predicted octanol–water partition coefficient (Wildman–Crippen LogP) is 4.01. The number of hydrogen-bond acceptors (Lipinski definition) is 4. The Balaban J connectivity index is 1.59. The molecule has 0 saturated carbocycles. The molecule has 0 aliphatic heterocycles. The first-order valence-corrected chi connectivity index (χ1v) is 7.73. The maximum absolute atomic E-state index is 5.80. The summed E-state index contributed by atoms with van der Waals surface area (Å²) in [4.78, 5) is 0. The van der Waals surface area contributed by atoms with E-state index in [2.05, 4.69) is 0 Å². The van der Waals surface area contributed by atoms with Crippen LogP contribution in [0.1, 0.15) is 11.1 Å². The van der Waals surface area contributed by atoms with Crippen LogP contribution in [0.25, 0.3) is 0 Å². The zero-order valence-corrected chi connectivity index (χ0v) is 13.3. The second kappa shape index (κ2) is 7.42. The van der Waals surface area contributed by atoms with Gasteiger partial charge in [-0.2, -0.15) is 0 Å². The molecular weight excluding hydrogens is 300 g/mol. The summed E-state index contributed by atoms with van der Waals surface area (Å²) in [5.41, 5.74) is 15.1. The summed E-state index contributed by atoms with van der Waals surface area (Å²) in [6.07, 6.45) is 0. The molecule has 0 atom stereocenters. The molecule has 0 aromatic heterocycles. The zero-order valence-electron chi connectivity index (χ0n) is 13.3. The van der Waals surface area contributed by atoms with Crippen LogP contribution in [0.5, 0.6) is 11.5 Å². The molecule has 3 aromatic rings. The molecule has 4 nitrogen and oxygen atoms in total. The van der Waals surface area contributed by atoms with Crippen molar-refractivity contribution in [2.24, 2.45) is 0 Å². The highest BCUT2D eigenvalue weighted by atomic mass is 16.5. The standard InChI is InChI=1S/C20H20N2O2/c21-17-6-1-4-15(10-17)13-23-19-8-3-9-20(12-19)24-14-16-5-2-7-18(22)11-16/h1-12H,13-14,21-22H2. The van der Waals surface area contributed by atoms with Gasteiger partial charge in [0.05, 0.1) is 0 Å². The average Bonchev–Trinajstić information content (AvgIpc) is 2.59. The molecule has 3 aromatic carbocycles. The average molecular weight is 320 g/mol. The minimum absolute atomic E-state index is 0.462. The Morgan fingerprint density at radius 2 is 1.04 bits per heavy atom. The Morgan fingerprint density at radius 1 is 0.583 bits per heavy atom. The first-order valence-electron chi connectivity index (χ1n) is 7.73. The number of ether oxygens (including phenoxy) is 2. The second-order valence-electron chi connectivity index (χ2n) is 5.54. The number of rotatable bonds is 6. The molecule has 0 amide bonds. The quantitative estimate of drug-likeness (QED) is 0.673. The van der Waals surface area contributed by atoms with Gasteiger partial charge in [0.25, 0.3) is 0 Å². The summed E-state index contributed by atoms with van der Waals surface area (Å²) in [5, 5.41) is 0. The minimum atomic E-state index is 0.462. The molecule has 0 aliphatic rings. The van der Waals surface area contributed by atoms with E-state index in [1.54, 1.807) is 0 Å². The van der Waals surface area contributed by atoms with E-state index < -0.39 is 0 Å². The van der Waals surface area contributed by atoms with E-state index in [4.69, 9.17) is 20.9 Å². The molecule has 0 spiro atoms. The van der Waals surface area contributed by atoms with Crippen LogP contribution in [0, 0.1) is 0 Å². The number of nitrogen functional groups attached to an aromatic ring is 2. The number of hydrogen-bond donors (Lipinski definition) is 2. The van der Waals surface area contributed by atoms with Crippen LogP contribution in [0.2, 0.25) is 0 Å². The lowest BCUT2D eigenvalue weighted by Gasteiger charge is -2.10. The molecule has 3 rings (SSSR count). The smallest absolute Gasteiger partial charge is 0.123 e. The molecule has 0 saturated heterocycles. The van der Waals surface area contributed by atoms with E-state index in [-0.39, 0.29) is 0 Å². The molecule has 0 heterocycles. The van der Waals surface area contributed by atoms with Crippen molar-refractivity contribution in [3.63, 3.8) is 0 Å². The van der Waals surface area contributed by atoms with Crippen LogP contribution in [0.15, 0.2) is 72.8 Å². The van der Waals surface area contributed by atoms with Crippen LogP contribution in [-0.2, 0) is 13.2 Å². The summed E-state index contributed by atoms with van der Waals surface area (Å²) >= 11 is 0. The van der Waals surface area contributed by atoms with Crippen molar-refractivity contribution < 1.29 is 9.47 Å². The Bertz CT molecular complexity index is 753. The lowest BCUT2D eigenvalue weighted by Crippen LogP contribution is -1.98. The molecule has 0 unspecified atom stereocenters. The van der Waals surface area contributed by atoms with Crippen molar-refractivity contribution in [2.75, 3.05) is 11.5 Å². The van der Waals surface area contributed by atoms with Gasteiger partial charge in [0, 0.05) is 17.4 Å². The van der Waals surface area contributed by atoms with Crippen LogP contribution < -0.4 is 20.9 Å². The Morgan fingerprint density at radius 3 is 1.50 bits per heavy atom. The minimum Gasteiger partial charge on any atom is -0.489 e. The first kappa shape index (κ1) is 15.7. The zero-order chi connectivity index (χ0) is 16.8. The molecule has 0 fully saturated rings. The summed E-state index contributed by atoms with van der Waals surface area (Å²) in [6, 6.07) is 22.9. The third-order valence-corrected chi connectivity index (χ3v) is 3.52. The van der Waals surface area contributed by atoms with Gasteiger partial charge in [0.2, 0.25) is 0 Å². The van der Waals surface area contributed by atoms with Gasteiger partial charge in [0.15, 0.2) is 0 Å². The molecule has 122 valence electrons. The highest BCUT2D eigenvalue weighted by Crippen LogP contribution is 2.22. The lowest BCUT2D eigenvalue weighted by molar-refractivity contribution is 0.290. The van der Waals surface area contributed by atoms with E-state index in [0.29, 0.717) is 13.2 Å². The molecule has 4 N–H and O–H groups in total.